The Balaban J connectivity index is 1.66. The molecule has 24 heavy (non-hydrogen) atoms. The second-order valence-electron chi connectivity index (χ2n) is 4.29. The SMILES string of the molecule is O=C(OCc1nnc(-c2ccco2)o1)c1cccnc1SC(F)F. The number of halogens is 2. The molecule has 0 N–H and O–H groups in total. The van der Waals surface area contributed by atoms with Crippen molar-refractivity contribution in [1.29, 1.82) is 0 Å². The molecule has 7 nitrogen and oxygen atoms in total. The van der Waals surface area contributed by atoms with Crippen LogP contribution < -0.4 is 0 Å². The zero-order chi connectivity index (χ0) is 16.9. The van der Waals surface area contributed by atoms with Gasteiger partial charge in [0.15, 0.2) is 12.4 Å². The van der Waals surface area contributed by atoms with E-state index in [4.69, 9.17) is 13.6 Å². The van der Waals surface area contributed by atoms with Crippen LogP contribution in [-0.2, 0) is 11.3 Å². The molecular formula is C14H9F2N3O4S. The van der Waals surface area contributed by atoms with E-state index in [0.717, 1.165) is 0 Å². The normalized spacial score (nSPS) is 11.0. The summed E-state index contributed by atoms with van der Waals surface area (Å²) in [5.74, 6) is -2.95. The minimum atomic E-state index is -2.70. The lowest BCUT2D eigenvalue weighted by Gasteiger charge is -2.06. The van der Waals surface area contributed by atoms with Gasteiger partial charge in [-0.1, -0.05) is 0 Å². The number of rotatable bonds is 6. The number of carbonyl (C=O) groups excluding carboxylic acids is 1. The highest BCUT2D eigenvalue weighted by Gasteiger charge is 2.19. The van der Waals surface area contributed by atoms with E-state index in [9.17, 15) is 13.6 Å². The second kappa shape index (κ2) is 7.21. The van der Waals surface area contributed by atoms with Gasteiger partial charge in [0.05, 0.1) is 11.8 Å². The van der Waals surface area contributed by atoms with Crippen LogP contribution in [0, 0.1) is 0 Å². The van der Waals surface area contributed by atoms with Crippen molar-refractivity contribution in [2.45, 2.75) is 17.4 Å². The lowest BCUT2D eigenvalue weighted by Crippen LogP contribution is -2.08. The molecule has 0 spiro atoms. The number of esters is 1. The summed E-state index contributed by atoms with van der Waals surface area (Å²) in [6.07, 6.45) is 2.76. The molecule has 3 aromatic heterocycles. The quantitative estimate of drug-likeness (QED) is 0.492. The average Bonchev–Trinajstić information content (AvgIpc) is 3.24. The lowest BCUT2D eigenvalue weighted by atomic mass is 10.3. The summed E-state index contributed by atoms with van der Waals surface area (Å²) in [7, 11) is 0. The summed E-state index contributed by atoms with van der Waals surface area (Å²) in [5.41, 5.74) is -0.0615. The highest BCUT2D eigenvalue weighted by molar-refractivity contribution is 7.99. The maximum absolute atomic E-state index is 12.5. The van der Waals surface area contributed by atoms with Gasteiger partial charge in [0.2, 0.25) is 0 Å². The van der Waals surface area contributed by atoms with Crippen LogP contribution in [0.1, 0.15) is 16.2 Å². The molecule has 0 aromatic carbocycles. The summed E-state index contributed by atoms with van der Waals surface area (Å²) < 4.78 is 40.3. The van der Waals surface area contributed by atoms with E-state index >= 15 is 0 Å². The molecule has 0 aliphatic carbocycles. The summed E-state index contributed by atoms with van der Waals surface area (Å²) in [6.45, 7) is -0.305. The third kappa shape index (κ3) is 3.77. The number of carbonyl (C=O) groups is 1. The van der Waals surface area contributed by atoms with Gasteiger partial charge in [-0.3, -0.25) is 0 Å². The van der Waals surface area contributed by atoms with Crippen LogP contribution in [0.15, 0.2) is 50.6 Å². The van der Waals surface area contributed by atoms with Crippen molar-refractivity contribution in [2.24, 2.45) is 0 Å². The summed E-state index contributed by atoms with van der Waals surface area (Å²) in [4.78, 5) is 15.8. The van der Waals surface area contributed by atoms with E-state index in [1.165, 1.54) is 24.6 Å². The molecule has 0 bridgehead atoms. The van der Waals surface area contributed by atoms with Gasteiger partial charge in [-0.05, 0) is 36.0 Å². The van der Waals surface area contributed by atoms with E-state index in [0.29, 0.717) is 5.76 Å². The minimum absolute atomic E-state index is 0.0432. The number of aromatic nitrogens is 3. The van der Waals surface area contributed by atoms with Crippen molar-refractivity contribution < 1.29 is 27.1 Å². The summed E-state index contributed by atoms with van der Waals surface area (Å²) in [6, 6.07) is 6.09. The third-order valence-corrected chi connectivity index (χ3v) is 3.44. The van der Waals surface area contributed by atoms with Gasteiger partial charge < -0.3 is 13.6 Å². The molecule has 0 fully saturated rings. The molecule has 124 valence electrons. The third-order valence-electron chi connectivity index (χ3n) is 2.72. The number of pyridine rings is 1. The van der Waals surface area contributed by atoms with E-state index in [2.05, 4.69) is 15.2 Å². The largest absolute Gasteiger partial charge is 0.459 e. The van der Waals surface area contributed by atoms with Crippen molar-refractivity contribution in [3.63, 3.8) is 0 Å². The van der Waals surface area contributed by atoms with E-state index in [1.807, 2.05) is 0 Å². The van der Waals surface area contributed by atoms with Crippen LogP contribution in [0.2, 0.25) is 0 Å². The van der Waals surface area contributed by atoms with Crippen LogP contribution in [0.3, 0.4) is 0 Å². The molecule has 10 heteroatoms. The summed E-state index contributed by atoms with van der Waals surface area (Å²) >= 11 is 0.168. The smallest absolute Gasteiger partial charge is 0.341 e. The number of nitrogens with zero attached hydrogens (tertiary/aromatic N) is 3. The predicted octanol–water partition coefficient (Wildman–Crippen LogP) is 3.40. The fourth-order valence-corrected chi connectivity index (χ4v) is 2.31. The first-order valence-electron chi connectivity index (χ1n) is 6.56. The summed E-state index contributed by atoms with van der Waals surface area (Å²) in [5, 5.41) is 7.35. The first kappa shape index (κ1) is 16.1. The van der Waals surface area contributed by atoms with E-state index in [-0.39, 0.29) is 40.7 Å². The monoisotopic (exact) mass is 353 g/mol. The first-order valence-corrected chi connectivity index (χ1v) is 7.44. The van der Waals surface area contributed by atoms with Gasteiger partial charge in [-0.2, -0.15) is 8.78 Å². The molecule has 0 aliphatic heterocycles. The topological polar surface area (TPSA) is 91.2 Å². The molecule has 0 amide bonds. The molecule has 3 rings (SSSR count). The van der Waals surface area contributed by atoms with Crippen LogP contribution >= 0.6 is 11.8 Å². The zero-order valence-electron chi connectivity index (χ0n) is 11.9. The molecule has 0 saturated heterocycles. The van der Waals surface area contributed by atoms with E-state index in [1.54, 1.807) is 12.1 Å². The number of hydrogen-bond acceptors (Lipinski definition) is 8. The van der Waals surface area contributed by atoms with Crippen LogP contribution in [0.4, 0.5) is 8.78 Å². The van der Waals surface area contributed by atoms with Crippen molar-refractivity contribution in [1.82, 2.24) is 15.2 Å². The fraction of sp³-hybridized carbons (Fsp3) is 0.143. The lowest BCUT2D eigenvalue weighted by molar-refractivity contribution is 0.0433. The van der Waals surface area contributed by atoms with Crippen LogP contribution in [0.25, 0.3) is 11.7 Å². The Morgan fingerprint density at radius 2 is 2.17 bits per heavy atom. The van der Waals surface area contributed by atoms with Gasteiger partial charge in [-0.15, -0.1) is 10.2 Å². The van der Waals surface area contributed by atoms with Crippen molar-refractivity contribution in [3.05, 3.63) is 48.2 Å². The van der Waals surface area contributed by atoms with Gasteiger partial charge in [0.25, 0.3) is 17.5 Å². The average molecular weight is 353 g/mol. The molecule has 3 aromatic rings. The van der Waals surface area contributed by atoms with Gasteiger partial charge in [0.1, 0.15) is 5.03 Å². The Morgan fingerprint density at radius 1 is 1.29 bits per heavy atom. The maximum atomic E-state index is 12.5. The standard InChI is InChI=1S/C14H9F2N3O4S/c15-14(16)24-12-8(3-1-5-17-12)13(20)22-7-10-18-19-11(23-10)9-4-2-6-21-9/h1-6,14H,7H2. The Bertz CT molecular complexity index is 823. The van der Waals surface area contributed by atoms with E-state index < -0.39 is 11.7 Å². The molecule has 0 aliphatic rings. The van der Waals surface area contributed by atoms with Crippen molar-refractivity contribution in [3.8, 4) is 11.7 Å². The second-order valence-corrected chi connectivity index (χ2v) is 5.27. The number of thioether (sulfide) groups is 1. The number of furan rings is 1. The Labute approximate surface area is 138 Å². The van der Waals surface area contributed by atoms with Gasteiger partial charge >= 0.3 is 5.97 Å². The zero-order valence-corrected chi connectivity index (χ0v) is 12.7. The molecular weight excluding hydrogens is 344 g/mol. The molecule has 0 radical (unpaired) electrons. The predicted molar refractivity (Wildman–Crippen MR) is 77.2 cm³/mol. The number of ether oxygens (including phenoxy) is 1. The molecule has 0 saturated carbocycles. The first-order chi connectivity index (χ1) is 11.6. The van der Waals surface area contributed by atoms with Crippen molar-refractivity contribution >= 4 is 17.7 Å². The Kier molecular flexibility index (Phi) is 4.85. The van der Waals surface area contributed by atoms with Crippen LogP contribution in [-0.4, -0.2) is 26.9 Å². The molecule has 0 unspecified atom stereocenters. The van der Waals surface area contributed by atoms with Gasteiger partial charge in [0, 0.05) is 6.20 Å². The minimum Gasteiger partial charge on any atom is -0.459 e. The highest BCUT2D eigenvalue weighted by Crippen LogP contribution is 2.27. The Morgan fingerprint density at radius 3 is 2.92 bits per heavy atom. The van der Waals surface area contributed by atoms with Crippen LogP contribution in [0.5, 0.6) is 0 Å². The molecule has 3 heterocycles. The number of hydrogen-bond donors (Lipinski definition) is 0. The fourth-order valence-electron chi connectivity index (χ4n) is 1.74. The highest BCUT2D eigenvalue weighted by atomic mass is 32.2. The maximum Gasteiger partial charge on any atom is 0.341 e. The molecule has 0 atom stereocenters. The number of alkyl halides is 2. The van der Waals surface area contributed by atoms with Crippen molar-refractivity contribution in [2.75, 3.05) is 0 Å². The van der Waals surface area contributed by atoms with Gasteiger partial charge in [-0.25, -0.2) is 9.78 Å². The Hall–Kier alpha value is -2.75.